The highest BCUT2D eigenvalue weighted by Crippen LogP contribution is 2.34. The summed E-state index contributed by atoms with van der Waals surface area (Å²) in [6.45, 7) is 14.5. The highest BCUT2D eigenvalue weighted by molar-refractivity contribution is 5.96. The molecule has 0 radical (unpaired) electrons. The summed E-state index contributed by atoms with van der Waals surface area (Å²) < 4.78 is 22.9. The van der Waals surface area contributed by atoms with Gasteiger partial charge in [-0.15, -0.1) is 0 Å². The lowest BCUT2D eigenvalue weighted by Crippen LogP contribution is -2.34. The van der Waals surface area contributed by atoms with Crippen molar-refractivity contribution in [2.75, 3.05) is 0 Å². The number of furan rings is 2. The quantitative estimate of drug-likeness (QED) is 0.166. The molecule has 0 saturated heterocycles. The smallest absolute Gasteiger partial charge is 0.408 e. The van der Waals surface area contributed by atoms with Crippen LogP contribution in [0, 0.1) is 0 Å². The number of amides is 2. The Hall–Kier alpha value is -4.74. The number of aromatic nitrogens is 4. The van der Waals surface area contributed by atoms with E-state index in [1.165, 1.54) is 0 Å². The molecule has 4 heterocycles. The summed E-state index contributed by atoms with van der Waals surface area (Å²) in [7, 11) is 0. The zero-order valence-corrected chi connectivity index (χ0v) is 25.0. The molecule has 2 amide bonds. The zero-order chi connectivity index (χ0) is 30.4. The van der Waals surface area contributed by atoms with Crippen LogP contribution in [0.25, 0.3) is 44.8 Å². The fourth-order valence-electron chi connectivity index (χ4n) is 4.31. The second-order valence-corrected chi connectivity index (χ2v) is 12.2. The number of nitrogens with one attached hydrogen (secondary N) is 4. The van der Waals surface area contributed by atoms with Gasteiger partial charge < -0.3 is 38.9 Å². The molecule has 0 aliphatic heterocycles. The first-order chi connectivity index (χ1) is 19.6. The predicted molar refractivity (Wildman–Crippen MR) is 157 cm³/mol. The van der Waals surface area contributed by atoms with Gasteiger partial charge in [-0.3, -0.25) is 0 Å². The maximum atomic E-state index is 12.1. The lowest BCUT2D eigenvalue weighted by molar-refractivity contribution is 0.0494. The molecule has 4 N–H and O–H groups in total. The van der Waals surface area contributed by atoms with Gasteiger partial charge in [0.05, 0.1) is 24.5 Å². The molecule has 222 valence electrons. The lowest BCUT2D eigenvalue weighted by atomic mass is 10.2. The maximum absolute atomic E-state index is 12.1. The predicted octanol–water partition coefficient (Wildman–Crippen LogP) is 7.13. The van der Waals surface area contributed by atoms with E-state index < -0.39 is 35.5 Å². The van der Waals surface area contributed by atoms with Crippen molar-refractivity contribution in [2.45, 2.75) is 78.7 Å². The molecule has 0 fully saturated rings. The van der Waals surface area contributed by atoms with Gasteiger partial charge in [0.2, 0.25) is 0 Å². The molecule has 12 nitrogen and oxygen atoms in total. The van der Waals surface area contributed by atoms with E-state index in [9.17, 15) is 9.59 Å². The van der Waals surface area contributed by atoms with Crippen molar-refractivity contribution in [1.82, 2.24) is 30.6 Å². The van der Waals surface area contributed by atoms with E-state index in [1.807, 2.05) is 79.7 Å². The number of hydrogen-bond acceptors (Lipinski definition) is 8. The molecule has 0 saturated carbocycles. The van der Waals surface area contributed by atoms with Crippen LogP contribution in [0.5, 0.6) is 0 Å². The third kappa shape index (κ3) is 6.59. The Labute approximate surface area is 242 Å². The molecule has 0 aliphatic carbocycles. The molecule has 42 heavy (non-hydrogen) atoms. The molecular weight excluding hydrogens is 540 g/mol. The van der Waals surface area contributed by atoms with Gasteiger partial charge in [0.15, 0.2) is 11.5 Å². The zero-order valence-electron chi connectivity index (χ0n) is 25.0. The maximum Gasteiger partial charge on any atom is 0.408 e. The number of benzene rings is 1. The van der Waals surface area contributed by atoms with Gasteiger partial charge >= 0.3 is 12.2 Å². The van der Waals surface area contributed by atoms with Crippen molar-refractivity contribution in [3.05, 3.63) is 48.3 Å². The van der Waals surface area contributed by atoms with E-state index in [0.29, 0.717) is 45.7 Å². The van der Waals surface area contributed by atoms with Crippen LogP contribution in [0.3, 0.4) is 0 Å². The number of rotatable bonds is 6. The first kappa shape index (κ1) is 28.8. The number of aromatic amines is 2. The number of hydrogen-bond donors (Lipinski definition) is 4. The number of carbonyl (C=O) groups is 2. The molecule has 5 rings (SSSR count). The van der Waals surface area contributed by atoms with Gasteiger partial charge in [-0.1, -0.05) is 0 Å². The van der Waals surface area contributed by atoms with E-state index in [1.54, 1.807) is 12.4 Å². The van der Waals surface area contributed by atoms with Crippen molar-refractivity contribution >= 4 is 34.1 Å². The molecule has 0 spiro atoms. The molecule has 0 bridgehead atoms. The van der Waals surface area contributed by atoms with Crippen LogP contribution in [0.1, 0.15) is 79.1 Å². The Morgan fingerprint density at radius 1 is 0.714 bits per heavy atom. The van der Waals surface area contributed by atoms with E-state index in [2.05, 4.69) is 30.6 Å². The van der Waals surface area contributed by atoms with Gasteiger partial charge in [0.1, 0.15) is 45.4 Å². The molecule has 4 aromatic heterocycles. The SMILES string of the molecule is C[C@H](NC(=O)OC(C)(C)C)c1ncc(-c2cc3cc4oc(-c5cnc([C@H](C)NC(=O)OC(C)(C)C)[nH]5)cc4cc3o2)[nH]1. The second-order valence-electron chi connectivity index (χ2n) is 12.2. The average Bonchev–Trinajstić information content (AvgIpc) is 3.64. The van der Waals surface area contributed by atoms with Gasteiger partial charge in [0, 0.05) is 10.8 Å². The average molecular weight is 577 g/mol. The van der Waals surface area contributed by atoms with Crippen molar-refractivity contribution in [3.8, 4) is 22.9 Å². The minimum Gasteiger partial charge on any atom is -0.454 e. The standard InChI is InChI=1S/C30H36N6O6/c1-15(33-27(37)41-29(3,4)5)25-31-13-19(35-25)23-11-17-9-22-18(10-21(17)39-23)12-24(40-22)20-14-32-26(36-20)16(2)34-28(38)42-30(6,7)8/h9-16H,1-8H3,(H,31,35)(H,32,36)(H,33,37)(H,34,38)/t15-,16-/m0/s1. The van der Waals surface area contributed by atoms with Crippen molar-refractivity contribution < 1.29 is 27.9 Å². The largest absolute Gasteiger partial charge is 0.454 e. The first-order valence-corrected chi connectivity index (χ1v) is 13.7. The molecule has 2 atom stereocenters. The number of H-pyrrole nitrogens is 2. The van der Waals surface area contributed by atoms with Crippen LogP contribution in [0.2, 0.25) is 0 Å². The number of carbonyl (C=O) groups excluding carboxylic acids is 2. The van der Waals surface area contributed by atoms with Gasteiger partial charge in [-0.25, -0.2) is 19.6 Å². The number of imidazole rings is 2. The second kappa shape index (κ2) is 10.6. The molecule has 0 unspecified atom stereocenters. The van der Waals surface area contributed by atoms with Crippen LogP contribution < -0.4 is 10.6 Å². The third-order valence-electron chi connectivity index (χ3n) is 6.16. The van der Waals surface area contributed by atoms with Crippen molar-refractivity contribution in [1.29, 1.82) is 0 Å². The Morgan fingerprint density at radius 3 is 1.45 bits per heavy atom. The van der Waals surface area contributed by atoms with Gasteiger partial charge in [0.25, 0.3) is 0 Å². The van der Waals surface area contributed by atoms with Crippen LogP contribution >= 0.6 is 0 Å². The van der Waals surface area contributed by atoms with Crippen LogP contribution in [0.4, 0.5) is 9.59 Å². The Kier molecular flexibility index (Phi) is 7.25. The number of fused-ring (bicyclic) bond motifs is 2. The lowest BCUT2D eigenvalue weighted by Gasteiger charge is -2.21. The molecular formula is C30H36N6O6. The minimum atomic E-state index is -0.590. The summed E-state index contributed by atoms with van der Waals surface area (Å²) in [4.78, 5) is 39.5. The fraction of sp³-hybridized carbons (Fsp3) is 0.400. The molecule has 5 aromatic rings. The van der Waals surface area contributed by atoms with E-state index in [0.717, 1.165) is 10.8 Å². The number of alkyl carbamates (subject to hydrolysis) is 2. The number of nitrogens with zero attached hydrogens (tertiary/aromatic N) is 2. The normalized spacial score (nSPS) is 13.7. The summed E-state index contributed by atoms with van der Waals surface area (Å²) in [5.74, 6) is 2.35. The Morgan fingerprint density at radius 2 is 1.10 bits per heavy atom. The van der Waals surface area contributed by atoms with E-state index >= 15 is 0 Å². The van der Waals surface area contributed by atoms with Crippen LogP contribution in [-0.4, -0.2) is 43.3 Å². The third-order valence-corrected chi connectivity index (χ3v) is 6.16. The van der Waals surface area contributed by atoms with E-state index in [-0.39, 0.29) is 0 Å². The minimum absolute atomic E-state index is 0.391. The van der Waals surface area contributed by atoms with Crippen LogP contribution in [0.15, 0.2) is 45.5 Å². The van der Waals surface area contributed by atoms with Gasteiger partial charge in [-0.05, 0) is 79.7 Å². The molecule has 0 aliphatic rings. The van der Waals surface area contributed by atoms with Gasteiger partial charge in [-0.2, -0.15) is 0 Å². The summed E-state index contributed by atoms with van der Waals surface area (Å²) >= 11 is 0. The molecule has 1 aromatic carbocycles. The molecule has 12 heteroatoms. The highest BCUT2D eigenvalue weighted by Gasteiger charge is 2.22. The summed E-state index contributed by atoms with van der Waals surface area (Å²) in [6.07, 6.45) is 2.29. The highest BCUT2D eigenvalue weighted by atomic mass is 16.6. The number of ether oxygens (including phenoxy) is 2. The summed E-state index contributed by atoms with van der Waals surface area (Å²) in [5, 5.41) is 7.26. The topological polar surface area (TPSA) is 160 Å². The fourth-order valence-corrected chi connectivity index (χ4v) is 4.31. The Bertz CT molecular complexity index is 1570. The summed E-state index contributed by atoms with van der Waals surface area (Å²) in [6, 6.07) is 6.84. The first-order valence-electron chi connectivity index (χ1n) is 13.7. The van der Waals surface area contributed by atoms with Crippen molar-refractivity contribution in [3.63, 3.8) is 0 Å². The Balaban J connectivity index is 1.30. The summed E-state index contributed by atoms with van der Waals surface area (Å²) in [5.41, 5.74) is 1.54. The monoisotopic (exact) mass is 576 g/mol. The van der Waals surface area contributed by atoms with Crippen LogP contribution in [-0.2, 0) is 9.47 Å². The van der Waals surface area contributed by atoms with E-state index in [4.69, 9.17) is 18.3 Å². The van der Waals surface area contributed by atoms with Crippen molar-refractivity contribution in [2.24, 2.45) is 0 Å².